The molecule has 1 aliphatic rings. The molecular formula is C12H20N4O2. The van der Waals surface area contributed by atoms with Crippen LogP contribution in [-0.2, 0) is 11.3 Å². The largest absolute Gasteiger partial charge is 0.378 e. The Morgan fingerprint density at radius 3 is 3.00 bits per heavy atom. The van der Waals surface area contributed by atoms with Crippen LogP contribution in [0.15, 0.2) is 10.9 Å². The van der Waals surface area contributed by atoms with Gasteiger partial charge in [0, 0.05) is 19.7 Å². The van der Waals surface area contributed by atoms with Gasteiger partial charge in [-0.1, -0.05) is 0 Å². The molecular weight excluding hydrogens is 232 g/mol. The van der Waals surface area contributed by atoms with Crippen molar-refractivity contribution >= 4 is 5.95 Å². The summed E-state index contributed by atoms with van der Waals surface area (Å²) in [6, 6.07) is 1.46. The van der Waals surface area contributed by atoms with E-state index in [4.69, 9.17) is 4.74 Å². The fourth-order valence-electron chi connectivity index (χ4n) is 2.14. The van der Waals surface area contributed by atoms with Crippen molar-refractivity contribution in [3.63, 3.8) is 0 Å². The van der Waals surface area contributed by atoms with Gasteiger partial charge in [-0.05, 0) is 31.8 Å². The third-order valence-corrected chi connectivity index (χ3v) is 3.10. The fourth-order valence-corrected chi connectivity index (χ4v) is 2.14. The summed E-state index contributed by atoms with van der Waals surface area (Å²) in [6.07, 6.45) is 2.32. The molecule has 2 heterocycles. The number of hydrogen-bond donors (Lipinski definition) is 3. The number of piperidine rings is 1. The van der Waals surface area contributed by atoms with Gasteiger partial charge >= 0.3 is 0 Å². The van der Waals surface area contributed by atoms with E-state index in [9.17, 15) is 4.79 Å². The highest BCUT2D eigenvalue weighted by atomic mass is 16.5. The van der Waals surface area contributed by atoms with Crippen LogP contribution in [0, 0.1) is 5.92 Å². The topological polar surface area (TPSA) is 79.0 Å². The number of nitrogens with zero attached hydrogens (tertiary/aromatic N) is 1. The Bertz CT molecular complexity index is 426. The van der Waals surface area contributed by atoms with Crippen LogP contribution >= 0.6 is 0 Å². The van der Waals surface area contributed by atoms with Crippen molar-refractivity contribution in [1.29, 1.82) is 0 Å². The zero-order valence-electron chi connectivity index (χ0n) is 10.7. The first-order valence-corrected chi connectivity index (χ1v) is 6.31. The maximum Gasteiger partial charge on any atom is 0.252 e. The van der Waals surface area contributed by atoms with Crippen LogP contribution in [0.25, 0.3) is 0 Å². The fraction of sp³-hybridized carbons (Fsp3) is 0.667. The quantitative estimate of drug-likeness (QED) is 0.703. The zero-order chi connectivity index (χ0) is 12.8. The number of ether oxygens (including phenoxy) is 1. The lowest BCUT2D eigenvalue weighted by Gasteiger charge is -2.22. The van der Waals surface area contributed by atoms with Crippen LogP contribution in [0.4, 0.5) is 5.95 Å². The van der Waals surface area contributed by atoms with Gasteiger partial charge in [0.05, 0.1) is 12.3 Å². The first-order chi connectivity index (χ1) is 8.78. The Balaban J connectivity index is 1.93. The molecule has 0 amide bonds. The number of hydrogen-bond acceptors (Lipinski definition) is 5. The number of aromatic nitrogens is 2. The Morgan fingerprint density at radius 2 is 2.28 bits per heavy atom. The van der Waals surface area contributed by atoms with Crippen LogP contribution in [0.5, 0.6) is 0 Å². The van der Waals surface area contributed by atoms with Crippen LogP contribution < -0.4 is 16.2 Å². The van der Waals surface area contributed by atoms with Crippen molar-refractivity contribution in [2.24, 2.45) is 5.92 Å². The van der Waals surface area contributed by atoms with E-state index in [1.54, 1.807) is 7.11 Å². The van der Waals surface area contributed by atoms with Crippen molar-refractivity contribution in [2.45, 2.75) is 19.4 Å². The molecule has 0 radical (unpaired) electrons. The van der Waals surface area contributed by atoms with Gasteiger partial charge in [0.25, 0.3) is 5.56 Å². The Hall–Kier alpha value is -1.40. The summed E-state index contributed by atoms with van der Waals surface area (Å²) in [5.74, 6) is 1.18. The molecule has 1 saturated heterocycles. The summed E-state index contributed by atoms with van der Waals surface area (Å²) in [6.45, 7) is 3.34. The zero-order valence-corrected chi connectivity index (χ0v) is 10.7. The highest BCUT2D eigenvalue weighted by molar-refractivity contribution is 5.25. The maximum absolute atomic E-state index is 11.4. The molecule has 3 N–H and O–H groups in total. The van der Waals surface area contributed by atoms with Gasteiger partial charge < -0.3 is 15.4 Å². The molecule has 6 heteroatoms. The van der Waals surface area contributed by atoms with E-state index in [-0.39, 0.29) is 5.56 Å². The molecule has 1 aromatic rings. The number of methoxy groups -OCH3 is 1. The third-order valence-electron chi connectivity index (χ3n) is 3.10. The summed E-state index contributed by atoms with van der Waals surface area (Å²) < 4.78 is 4.98. The summed E-state index contributed by atoms with van der Waals surface area (Å²) >= 11 is 0. The van der Waals surface area contributed by atoms with E-state index < -0.39 is 0 Å². The van der Waals surface area contributed by atoms with Crippen LogP contribution in [0.2, 0.25) is 0 Å². The average Bonchev–Trinajstić information content (AvgIpc) is 2.37. The van der Waals surface area contributed by atoms with Gasteiger partial charge in [-0.15, -0.1) is 0 Å². The normalized spacial score (nSPS) is 16.7. The molecule has 0 atom stereocenters. The Labute approximate surface area is 106 Å². The molecule has 0 spiro atoms. The molecule has 100 valence electrons. The maximum atomic E-state index is 11.4. The van der Waals surface area contributed by atoms with Gasteiger partial charge in [0.2, 0.25) is 5.95 Å². The number of nitrogens with one attached hydrogen (secondary N) is 3. The Morgan fingerprint density at radius 1 is 1.50 bits per heavy atom. The summed E-state index contributed by atoms with van der Waals surface area (Å²) in [5.41, 5.74) is 0.499. The predicted molar refractivity (Wildman–Crippen MR) is 69.7 cm³/mol. The van der Waals surface area contributed by atoms with E-state index in [0.717, 1.165) is 32.5 Å². The minimum Gasteiger partial charge on any atom is -0.378 e. The second-order valence-corrected chi connectivity index (χ2v) is 4.59. The van der Waals surface area contributed by atoms with E-state index in [1.165, 1.54) is 6.07 Å². The molecule has 0 saturated carbocycles. The number of rotatable bonds is 5. The second-order valence-electron chi connectivity index (χ2n) is 4.59. The van der Waals surface area contributed by atoms with E-state index in [2.05, 4.69) is 20.6 Å². The van der Waals surface area contributed by atoms with Crippen molar-refractivity contribution < 1.29 is 4.74 Å². The van der Waals surface area contributed by atoms with E-state index in [1.807, 2.05) is 0 Å². The molecule has 1 fully saturated rings. The number of aromatic amines is 1. The monoisotopic (exact) mass is 252 g/mol. The molecule has 2 rings (SSSR count). The summed E-state index contributed by atoms with van der Waals surface area (Å²) in [4.78, 5) is 18.4. The van der Waals surface area contributed by atoms with Gasteiger partial charge in [-0.25, -0.2) is 4.98 Å². The molecule has 0 aliphatic carbocycles. The Kier molecular flexibility index (Phi) is 4.72. The van der Waals surface area contributed by atoms with Crippen molar-refractivity contribution in [3.8, 4) is 0 Å². The minimum atomic E-state index is -0.148. The molecule has 18 heavy (non-hydrogen) atoms. The summed E-state index contributed by atoms with van der Waals surface area (Å²) in [7, 11) is 1.59. The third kappa shape index (κ3) is 3.82. The smallest absolute Gasteiger partial charge is 0.252 e. The second kappa shape index (κ2) is 6.51. The first-order valence-electron chi connectivity index (χ1n) is 6.31. The van der Waals surface area contributed by atoms with Crippen molar-refractivity contribution in [3.05, 3.63) is 22.1 Å². The van der Waals surface area contributed by atoms with E-state index in [0.29, 0.717) is 24.2 Å². The van der Waals surface area contributed by atoms with Gasteiger partial charge in [0.1, 0.15) is 0 Å². The predicted octanol–water partition coefficient (Wildman–Crippen LogP) is 0.328. The standard InChI is InChI=1S/C12H20N4O2/c1-18-8-10-6-11(17)16-12(15-10)14-7-9-2-4-13-5-3-9/h6,9,13H,2-5,7-8H2,1H3,(H2,14,15,16,17). The molecule has 0 bridgehead atoms. The minimum absolute atomic E-state index is 0.148. The molecule has 0 aromatic carbocycles. The van der Waals surface area contributed by atoms with Gasteiger partial charge in [-0.2, -0.15) is 0 Å². The van der Waals surface area contributed by atoms with Crippen molar-refractivity contribution in [1.82, 2.24) is 15.3 Å². The number of anilines is 1. The number of H-pyrrole nitrogens is 1. The first kappa shape index (κ1) is 13.0. The summed E-state index contributed by atoms with van der Waals surface area (Å²) in [5, 5.41) is 6.53. The lowest BCUT2D eigenvalue weighted by atomic mass is 9.98. The molecule has 1 aliphatic heterocycles. The van der Waals surface area contributed by atoms with Crippen LogP contribution in [0.3, 0.4) is 0 Å². The highest BCUT2D eigenvalue weighted by Crippen LogP contribution is 2.11. The van der Waals surface area contributed by atoms with Crippen LogP contribution in [-0.4, -0.2) is 36.7 Å². The lowest BCUT2D eigenvalue weighted by molar-refractivity contribution is 0.181. The molecule has 1 aromatic heterocycles. The van der Waals surface area contributed by atoms with Crippen LogP contribution in [0.1, 0.15) is 18.5 Å². The SMILES string of the molecule is COCc1cc(=O)[nH]c(NCC2CCNCC2)n1. The molecule has 0 unspecified atom stereocenters. The average molecular weight is 252 g/mol. The van der Waals surface area contributed by atoms with Gasteiger partial charge in [-0.3, -0.25) is 9.78 Å². The van der Waals surface area contributed by atoms with E-state index >= 15 is 0 Å². The molecule has 6 nitrogen and oxygen atoms in total. The highest BCUT2D eigenvalue weighted by Gasteiger charge is 2.13. The lowest BCUT2D eigenvalue weighted by Crippen LogP contribution is -2.31. The van der Waals surface area contributed by atoms with Gasteiger partial charge in [0.15, 0.2) is 0 Å². The van der Waals surface area contributed by atoms with Crippen molar-refractivity contribution in [2.75, 3.05) is 32.1 Å².